The molecule has 0 atom stereocenters. The van der Waals surface area contributed by atoms with E-state index < -0.39 is 0 Å². The van der Waals surface area contributed by atoms with Crippen LogP contribution in [0.5, 0.6) is 0 Å². The van der Waals surface area contributed by atoms with Crippen molar-refractivity contribution in [2.24, 2.45) is 0 Å². The summed E-state index contributed by atoms with van der Waals surface area (Å²) in [5, 5.41) is 2.76. The van der Waals surface area contributed by atoms with E-state index in [4.69, 9.17) is 0 Å². The Morgan fingerprint density at radius 3 is 2.12 bits per heavy atom. The van der Waals surface area contributed by atoms with Crippen LogP contribution in [0.3, 0.4) is 0 Å². The number of carbonyl (C=O) groups excluding carboxylic acids is 2. The number of benzene rings is 1. The fourth-order valence-corrected chi connectivity index (χ4v) is 3.32. The molecule has 136 valence electrons. The highest BCUT2D eigenvalue weighted by Crippen LogP contribution is 2.10. The molecule has 1 aromatic rings. The summed E-state index contributed by atoms with van der Waals surface area (Å²) in [6.07, 6.45) is 2.37. The fraction of sp³-hybridized carbons (Fsp3) is 0.556. The summed E-state index contributed by atoms with van der Waals surface area (Å²) >= 11 is 0. The SMILES string of the molecule is O=C(CN1CCN(C(=O)CN2CCCC2)CC1)Nc1ccc(F)cc1. The van der Waals surface area contributed by atoms with Crippen LogP contribution in [-0.2, 0) is 9.59 Å². The van der Waals surface area contributed by atoms with Gasteiger partial charge in [-0.2, -0.15) is 0 Å². The van der Waals surface area contributed by atoms with Crippen molar-refractivity contribution in [2.75, 3.05) is 57.7 Å². The lowest BCUT2D eigenvalue weighted by molar-refractivity contribution is -0.134. The average Bonchev–Trinajstić information content (AvgIpc) is 3.10. The molecule has 0 aromatic heterocycles. The number of likely N-dealkylation sites (tertiary alicyclic amines) is 1. The van der Waals surface area contributed by atoms with Gasteiger partial charge in [-0.05, 0) is 50.2 Å². The molecule has 7 heteroatoms. The Kier molecular flexibility index (Phi) is 5.99. The maximum absolute atomic E-state index is 12.9. The second-order valence-electron chi connectivity index (χ2n) is 6.70. The highest BCUT2D eigenvalue weighted by Gasteiger charge is 2.24. The van der Waals surface area contributed by atoms with Gasteiger partial charge < -0.3 is 10.2 Å². The van der Waals surface area contributed by atoms with E-state index >= 15 is 0 Å². The van der Waals surface area contributed by atoms with Crippen LogP contribution in [-0.4, -0.2) is 78.9 Å². The van der Waals surface area contributed by atoms with Gasteiger partial charge >= 0.3 is 0 Å². The number of nitrogens with zero attached hydrogens (tertiary/aromatic N) is 3. The van der Waals surface area contributed by atoms with Crippen LogP contribution in [0, 0.1) is 5.82 Å². The zero-order valence-corrected chi connectivity index (χ0v) is 14.4. The Labute approximate surface area is 147 Å². The number of nitrogens with one attached hydrogen (secondary N) is 1. The summed E-state index contributed by atoms with van der Waals surface area (Å²) < 4.78 is 12.9. The van der Waals surface area contributed by atoms with E-state index in [0.717, 1.165) is 13.1 Å². The van der Waals surface area contributed by atoms with Crippen molar-refractivity contribution in [3.63, 3.8) is 0 Å². The first-order valence-corrected chi connectivity index (χ1v) is 8.88. The quantitative estimate of drug-likeness (QED) is 0.863. The van der Waals surface area contributed by atoms with Crippen molar-refractivity contribution in [1.82, 2.24) is 14.7 Å². The summed E-state index contributed by atoms with van der Waals surface area (Å²) in [5.41, 5.74) is 0.589. The van der Waals surface area contributed by atoms with Crippen molar-refractivity contribution >= 4 is 17.5 Å². The second-order valence-corrected chi connectivity index (χ2v) is 6.70. The molecule has 2 saturated heterocycles. The highest BCUT2D eigenvalue weighted by molar-refractivity contribution is 5.92. The Morgan fingerprint density at radius 1 is 0.880 bits per heavy atom. The van der Waals surface area contributed by atoms with Gasteiger partial charge in [-0.15, -0.1) is 0 Å². The lowest BCUT2D eigenvalue weighted by Gasteiger charge is -2.35. The van der Waals surface area contributed by atoms with Crippen LogP contribution in [0.2, 0.25) is 0 Å². The van der Waals surface area contributed by atoms with Gasteiger partial charge in [0.05, 0.1) is 13.1 Å². The van der Waals surface area contributed by atoms with Crippen LogP contribution >= 0.6 is 0 Å². The minimum absolute atomic E-state index is 0.122. The minimum atomic E-state index is -0.326. The van der Waals surface area contributed by atoms with Crippen molar-refractivity contribution in [3.05, 3.63) is 30.1 Å². The van der Waals surface area contributed by atoms with Crippen molar-refractivity contribution < 1.29 is 14.0 Å². The zero-order valence-electron chi connectivity index (χ0n) is 14.4. The molecule has 0 unspecified atom stereocenters. The van der Waals surface area contributed by atoms with E-state index in [9.17, 15) is 14.0 Å². The molecule has 3 rings (SSSR count). The van der Waals surface area contributed by atoms with E-state index in [2.05, 4.69) is 10.2 Å². The summed E-state index contributed by atoms with van der Waals surface area (Å²) in [6, 6.07) is 5.73. The number of hydrogen-bond acceptors (Lipinski definition) is 4. The molecule has 2 fully saturated rings. The van der Waals surface area contributed by atoms with Gasteiger partial charge in [-0.3, -0.25) is 19.4 Å². The number of halogens is 1. The molecule has 2 aliphatic rings. The van der Waals surface area contributed by atoms with Gasteiger partial charge in [0.25, 0.3) is 0 Å². The number of piperazine rings is 1. The Hall–Kier alpha value is -1.99. The van der Waals surface area contributed by atoms with Crippen molar-refractivity contribution in [3.8, 4) is 0 Å². The maximum atomic E-state index is 12.9. The van der Waals surface area contributed by atoms with Crippen molar-refractivity contribution in [1.29, 1.82) is 0 Å². The topological polar surface area (TPSA) is 55.9 Å². The third-order valence-electron chi connectivity index (χ3n) is 4.78. The van der Waals surface area contributed by atoms with Crippen molar-refractivity contribution in [2.45, 2.75) is 12.8 Å². The highest BCUT2D eigenvalue weighted by atomic mass is 19.1. The molecule has 0 bridgehead atoms. The third kappa shape index (κ3) is 5.24. The number of hydrogen-bond donors (Lipinski definition) is 1. The van der Waals surface area contributed by atoms with Gasteiger partial charge in [0.1, 0.15) is 5.82 Å². The van der Waals surface area contributed by atoms with Gasteiger partial charge in [-0.1, -0.05) is 0 Å². The monoisotopic (exact) mass is 348 g/mol. The molecule has 0 aliphatic carbocycles. The molecule has 6 nitrogen and oxygen atoms in total. The molecule has 25 heavy (non-hydrogen) atoms. The largest absolute Gasteiger partial charge is 0.339 e. The summed E-state index contributed by atoms with van der Waals surface area (Å²) in [7, 11) is 0. The van der Waals surface area contributed by atoms with E-state index in [1.165, 1.54) is 25.0 Å². The maximum Gasteiger partial charge on any atom is 0.238 e. The fourth-order valence-electron chi connectivity index (χ4n) is 3.32. The molecule has 1 aromatic carbocycles. The predicted molar refractivity (Wildman–Crippen MR) is 93.7 cm³/mol. The molecular formula is C18H25FN4O2. The van der Waals surface area contributed by atoms with Gasteiger partial charge in [0, 0.05) is 31.9 Å². The van der Waals surface area contributed by atoms with Gasteiger partial charge in [0.15, 0.2) is 0 Å². The summed E-state index contributed by atoms with van der Waals surface area (Å²) in [4.78, 5) is 30.5. The number of carbonyl (C=O) groups is 2. The lowest BCUT2D eigenvalue weighted by Crippen LogP contribution is -2.52. The predicted octanol–water partition coefficient (Wildman–Crippen LogP) is 1.00. The average molecular weight is 348 g/mol. The van der Waals surface area contributed by atoms with E-state index in [1.54, 1.807) is 12.1 Å². The Balaban J connectivity index is 1.38. The summed E-state index contributed by atoms with van der Waals surface area (Å²) in [6.45, 7) is 5.57. The third-order valence-corrected chi connectivity index (χ3v) is 4.78. The van der Waals surface area contributed by atoms with Gasteiger partial charge in [0.2, 0.25) is 11.8 Å². The number of anilines is 1. The summed E-state index contributed by atoms with van der Waals surface area (Å²) in [5.74, 6) is -0.256. The first-order chi connectivity index (χ1) is 12.1. The number of rotatable bonds is 5. The van der Waals surface area contributed by atoms with E-state index in [0.29, 0.717) is 38.4 Å². The van der Waals surface area contributed by atoms with Gasteiger partial charge in [-0.25, -0.2) is 4.39 Å². The number of amides is 2. The lowest BCUT2D eigenvalue weighted by atomic mass is 10.3. The van der Waals surface area contributed by atoms with Crippen LogP contribution in [0.1, 0.15) is 12.8 Å². The molecule has 2 amide bonds. The van der Waals surface area contributed by atoms with Crippen LogP contribution in [0.15, 0.2) is 24.3 Å². The minimum Gasteiger partial charge on any atom is -0.339 e. The van der Waals surface area contributed by atoms with Crippen LogP contribution < -0.4 is 5.32 Å². The molecular weight excluding hydrogens is 323 g/mol. The molecule has 1 N–H and O–H groups in total. The smallest absolute Gasteiger partial charge is 0.238 e. The Morgan fingerprint density at radius 2 is 1.48 bits per heavy atom. The zero-order chi connectivity index (χ0) is 17.6. The molecule has 0 radical (unpaired) electrons. The second kappa shape index (κ2) is 8.40. The molecule has 2 heterocycles. The van der Waals surface area contributed by atoms with Crippen LogP contribution in [0.4, 0.5) is 10.1 Å². The normalized spacial score (nSPS) is 19.2. The molecule has 0 saturated carbocycles. The Bertz CT molecular complexity index is 594. The van der Waals surface area contributed by atoms with E-state index in [1.807, 2.05) is 9.80 Å². The standard InChI is InChI=1S/C18H25FN4O2/c19-15-3-5-16(6-4-15)20-17(24)13-22-9-11-23(12-10-22)18(25)14-21-7-1-2-8-21/h3-6H,1-2,7-14H2,(H,20,24). The molecule has 2 aliphatic heterocycles. The first kappa shape index (κ1) is 17.8. The first-order valence-electron chi connectivity index (χ1n) is 8.88. The molecule has 0 spiro atoms. The van der Waals surface area contributed by atoms with E-state index in [-0.39, 0.29) is 24.2 Å². The van der Waals surface area contributed by atoms with Crippen LogP contribution in [0.25, 0.3) is 0 Å².